The van der Waals surface area contributed by atoms with E-state index >= 15 is 0 Å². The number of anilines is 1. The molecule has 8 nitrogen and oxygen atoms in total. The summed E-state index contributed by atoms with van der Waals surface area (Å²) >= 11 is 0.802. The number of hydrogen-bond donors (Lipinski definition) is 2. The van der Waals surface area contributed by atoms with E-state index in [0.717, 1.165) is 23.6 Å². The molecule has 3 N–H and O–H groups in total. The molecular formula is C15H16F2N4O4S. The first-order chi connectivity index (χ1) is 12.3. The highest BCUT2D eigenvalue weighted by Gasteiger charge is 2.26. The first kappa shape index (κ1) is 19.5. The number of nitrogens with zero attached hydrogens (tertiary/aromatic N) is 2. The third kappa shape index (κ3) is 4.04. The van der Waals surface area contributed by atoms with E-state index in [0.29, 0.717) is 11.1 Å². The molecular weight excluding hydrogens is 370 g/mol. The second-order valence-corrected chi connectivity index (χ2v) is 6.19. The van der Waals surface area contributed by atoms with Crippen molar-refractivity contribution in [2.75, 3.05) is 11.9 Å². The Hall–Kier alpha value is -2.82. The molecule has 0 unspecified atom stereocenters. The van der Waals surface area contributed by atoms with E-state index < -0.39 is 24.3 Å². The molecule has 2 amide bonds. The summed E-state index contributed by atoms with van der Waals surface area (Å²) in [7, 11) is 0. The van der Waals surface area contributed by atoms with E-state index in [-0.39, 0.29) is 33.3 Å². The van der Waals surface area contributed by atoms with Gasteiger partial charge in [0.25, 0.3) is 11.8 Å². The number of nitrogens with two attached hydrogens (primary N) is 1. The summed E-state index contributed by atoms with van der Waals surface area (Å²) in [5.74, 6) is -2.30. The van der Waals surface area contributed by atoms with Crippen LogP contribution in [-0.4, -0.2) is 34.2 Å². The topological polar surface area (TPSA) is 116 Å². The Morgan fingerprint density at radius 1 is 1.42 bits per heavy atom. The quantitative estimate of drug-likeness (QED) is 0.710. The van der Waals surface area contributed by atoms with Crippen LogP contribution in [0.3, 0.4) is 0 Å². The molecule has 0 fully saturated rings. The number of primary amides is 1. The minimum atomic E-state index is -2.89. The molecule has 0 radical (unpaired) electrons. The molecule has 0 saturated carbocycles. The van der Waals surface area contributed by atoms with Crippen LogP contribution >= 0.6 is 11.3 Å². The zero-order valence-corrected chi connectivity index (χ0v) is 14.7. The summed E-state index contributed by atoms with van der Waals surface area (Å²) in [5, 5.41) is 5.88. The predicted octanol–water partition coefficient (Wildman–Crippen LogP) is 2.57. The largest absolute Gasteiger partial charge is 0.462 e. The van der Waals surface area contributed by atoms with E-state index in [2.05, 4.69) is 10.4 Å². The highest BCUT2D eigenvalue weighted by atomic mass is 32.1. The maximum Gasteiger partial charge on any atom is 0.341 e. The van der Waals surface area contributed by atoms with Crippen LogP contribution in [0.2, 0.25) is 0 Å². The number of ether oxygens (including phenoxy) is 1. The van der Waals surface area contributed by atoms with Gasteiger partial charge < -0.3 is 15.8 Å². The van der Waals surface area contributed by atoms with Gasteiger partial charge in [-0.3, -0.25) is 9.59 Å². The fraction of sp³-hybridized carbons (Fsp3) is 0.333. The fourth-order valence-electron chi connectivity index (χ4n) is 2.08. The van der Waals surface area contributed by atoms with Gasteiger partial charge in [0.15, 0.2) is 5.69 Å². The molecule has 0 aliphatic heterocycles. The maximum absolute atomic E-state index is 12.6. The molecule has 11 heteroatoms. The molecule has 2 heterocycles. The van der Waals surface area contributed by atoms with Gasteiger partial charge in [-0.1, -0.05) is 6.92 Å². The normalized spacial score (nSPS) is 10.8. The van der Waals surface area contributed by atoms with Gasteiger partial charge in [0, 0.05) is 6.20 Å². The molecule has 0 spiro atoms. The zero-order valence-electron chi connectivity index (χ0n) is 13.9. The van der Waals surface area contributed by atoms with Gasteiger partial charge in [0.1, 0.15) is 5.00 Å². The molecule has 2 rings (SSSR count). The Balaban J connectivity index is 2.34. The number of alkyl halides is 2. The summed E-state index contributed by atoms with van der Waals surface area (Å²) in [6, 6.07) is 1.10. The van der Waals surface area contributed by atoms with Crippen molar-refractivity contribution in [3.8, 4) is 0 Å². The van der Waals surface area contributed by atoms with Crippen LogP contribution in [0.15, 0.2) is 12.3 Å². The van der Waals surface area contributed by atoms with Crippen molar-refractivity contribution in [3.05, 3.63) is 34.0 Å². The Morgan fingerprint density at radius 3 is 2.65 bits per heavy atom. The smallest absolute Gasteiger partial charge is 0.341 e. The number of hydrogen-bond acceptors (Lipinski definition) is 6. The first-order valence-electron chi connectivity index (χ1n) is 7.51. The van der Waals surface area contributed by atoms with E-state index in [1.54, 1.807) is 0 Å². The minimum absolute atomic E-state index is 0.00103. The number of thiophene rings is 1. The number of esters is 1. The van der Waals surface area contributed by atoms with Crippen molar-refractivity contribution >= 4 is 34.1 Å². The molecule has 140 valence electrons. The van der Waals surface area contributed by atoms with Gasteiger partial charge in [0.2, 0.25) is 0 Å². The van der Waals surface area contributed by atoms with E-state index in [4.69, 9.17) is 10.5 Å². The van der Waals surface area contributed by atoms with E-state index in [9.17, 15) is 23.2 Å². The highest BCUT2D eigenvalue weighted by Crippen LogP contribution is 2.33. The molecule has 26 heavy (non-hydrogen) atoms. The monoisotopic (exact) mass is 386 g/mol. The third-order valence-electron chi connectivity index (χ3n) is 3.28. The Morgan fingerprint density at radius 2 is 2.12 bits per heavy atom. The number of carbonyl (C=O) groups excluding carboxylic acids is 3. The lowest BCUT2D eigenvalue weighted by molar-refractivity contribution is 0.0505. The average Bonchev–Trinajstić information content (AvgIpc) is 3.18. The third-order valence-corrected chi connectivity index (χ3v) is 4.50. The van der Waals surface area contributed by atoms with Crippen LogP contribution < -0.4 is 11.1 Å². The summed E-state index contributed by atoms with van der Waals surface area (Å²) in [6.45, 7) is 0.582. The summed E-state index contributed by atoms with van der Waals surface area (Å²) in [5.41, 5.74) is 5.28. The van der Waals surface area contributed by atoms with Crippen molar-refractivity contribution in [3.63, 3.8) is 0 Å². The van der Waals surface area contributed by atoms with Crippen molar-refractivity contribution in [2.45, 2.75) is 26.8 Å². The number of halogens is 2. The number of aromatic nitrogens is 2. The lowest BCUT2D eigenvalue weighted by atomic mass is 10.1. The van der Waals surface area contributed by atoms with E-state index in [1.807, 2.05) is 6.92 Å². The van der Waals surface area contributed by atoms with Gasteiger partial charge in [-0.05, 0) is 25.0 Å². The van der Waals surface area contributed by atoms with Gasteiger partial charge in [-0.25, -0.2) is 9.48 Å². The molecule has 0 aliphatic carbocycles. The average molecular weight is 386 g/mol. The van der Waals surface area contributed by atoms with Crippen LogP contribution in [0.1, 0.15) is 56.0 Å². The fourth-order valence-corrected chi connectivity index (χ4v) is 3.13. The Bertz CT molecular complexity index is 847. The number of amides is 2. The summed E-state index contributed by atoms with van der Waals surface area (Å²) in [4.78, 5) is 36.1. The Labute approximate surface area is 150 Å². The van der Waals surface area contributed by atoms with Gasteiger partial charge in [0.05, 0.1) is 17.0 Å². The molecule has 0 aliphatic rings. The van der Waals surface area contributed by atoms with Crippen LogP contribution in [0.5, 0.6) is 0 Å². The maximum atomic E-state index is 12.6. The predicted molar refractivity (Wildman–Crippen MR) is 89.6 cm³/mol. The zero-order chi connectivity index (χ0) is 19.4. The van der Waals surface area contributed by atoms with Gasteiger partial charge in [-0.2, -0.15) is 13.9 Å². The van der Waals surface area contributed by atoms with Crippen molar-refractivity contribution in [1.82, 2.24) is 9.78 Å². The summed E-state index contributed by atoms with van der Waals surface area (Å²) in [6.07, 6.45) is 1.54. The highest BCUT2D eigenvalue weighted by molar-refractivity contribution is 7.18. The summed E-state index contributed by atoms with van der Waals surface area (Å²) < 4.78 is 30.5. The Kier molecular flexibility index (Phi) is 6.03. The van der Waals surface area contributed by atoms with E-state index in [1.165, 1.54) is 6.92 Å². The molecule has 0 atom stereocenters. The second kappa shape index (κ2) is 8.04. The number of carbonyl (C=O) groups is 3. The molecule has 2 aromatic heterocycles. The van der Waals surface area contributed by atoms with Crippen molar-refractivity contribution in [2.24, 2.45) is 5.73 Å². The molecule has 0 saturated heterocycles. The number of rotatable bonds is 7. The lowest BCUT2D eigenvalue weighted by Gasteiger charge is -2.07. The standard InChI is InChI=1S/C15H16F2N4O4S/c1-3-6-25-14(24)9-7(2)10(11(18)22)26-13(9)19-12(23)8-4-5-21(20-8)15(16)17/h4-5,15H,3,6H2,1-2H3,(H2,18,22)(H,19,23). The van der Waals surface area contributed by atoms with Crippen LogP contribution in [-0.2, 0) is 4.74 Å². The molecule has 0 aromatic carbocycles. The second-order valence-electron chi connectivity index (χ2n) is 5.17. The van der Waals surface area contributed by atoms with Crippen molar-refractivity contribution < 1.29 is 27.9 Å². The van der Waals surface area contributed by atoms with Crippen molar-refractivity contribution in [1.29, 1.82) is 0 Å². The van der Waals surface area contributed by atoms with Gasteiger partial charge >= 0.3 is 12.5 Å². The minimum Gasteiger partial charge on any atom is -0.462 e. The first-order valence-corrected chi connectivity index (χ1v) is 8.32. The molecule has 0 bridgehead atoms. The van der Waals surface area contributed by atoms with Crippen LogP contribution in [0, 0.1) is 6.92 Å². The SMILES string of the molecule is CCCOC(=O)c1c(NC(=O)c2ccn(C(F)F)n2)sc(C(N)=O)c1C. The van der Waals surface area contributed by atoms with Gasteiger partial charge in [-0.15, -0.1) is 11.3 Å². The van der Waals surface area contributed by atoms with Crippen LogP contribution in [0.4, 0.5) is 13.8 Å². The lowest BCUT2D eigenvalue weighted by Crippen LogP contribution is -2.16. The van der Waals surface area contributed by atoms with Crippen LogP contribution in [0.25, 0.3) is 0 Å². The number of nitrogens with one attached hydrogen (secondary N) is 1. The molecule has 2 aromatic rings.